The second kappa shape index (κ2) is 8.30. The van der Waals surface area contributed by atoms with Crippen molar-refractivity contribution in [2.75, 3.05) is 64.5 Å². The van der Waals surface area contributed by atoms with Crippen LogP contribution in [0.25, 0.3) is 5.57 Å². The highest BCUT2D eigenvalue weighted by molar-refractivity contribution is 6.32. The van der Waals surface area contributed by atoms with Gasteiger partial charge in [-0.15, -0.1) is 0 Å². The number of anilines is 1. The molecule has 1 amide bonds. The van der Waals surface area contributed by atoms with Gasteiger partial charge in [-0.1, -0.05) is 0 Å². The largest absolute Gasteiger partial charge is 0.486 e. The van der Waals surface area contributed by atoms with Crippen LogP contribution in [-0.4, -0.2) is 80.0 Å². The lowest BCUT2D eigenvalue weighted by Crippen LogP contribution is -2.47. The Kier molecular flexibility index (Phi) is 5.61. The summed E-state index contributed by atoms with van der Waals surface area (Å²) in [5.41, 5.74) is 2.67. The van der Waals surface area contributed by atoms with Crippen LogP contribution in [0.1, 0.15) is 5.56 Å². The van der Waals surface area contributed by atoms with Crippen molar-refractivity contribution in [3.8, 4) is 0 Å². The van der Waals surface area contributed by atoms with E-state index in [0.717, 1.165) is 38.4 Å². The maximum absolute atomic E-state index is 13.4. The normalized spacial score (nSPS) is 22.1. The van der Waals surface area contributed by atoms with Gasteiger partial charge in [0.2, 0.25) is 0 Å². The highest BCUT2D eigenvalue weighted by Gasteiger charge is 2.31. The number of benzene rings is 1. The fourth-order valence-corrected chi connectivity index (χ4v) is 3.72. The fraction of sp³-hybridized carbons (Fsp3) is 0.450. The van der Waals surface area contributed by atoms with Gasteiger partial charge in [-0.2, -0.15) is 0 Å². The van der Waals surface area contributed by atoms with Gasteiger partial charge < -0.3 is 24.8 Å². The Labute approximate surface area is 163 Å². The Morgan fingerprint density at radius 2 is 2.04 bits per heavy atom. The van der Waals surface area contributed by atoms with Crippen LogP contribution >= 0.6 is 0 Å². The maximum atomic E-state index is 13.4. The minimum Gasteiger partial charge on any atom is -0.486 e. The maximum Gasteiger partial charge on any atom is 0.260 e. The Bertz CT molecular complexity index is 816. The van der Waals surface area contributed by atoms with Gasteiger partial charge in [0.1, 0.15) is 18.2 Å². The number of hydrogen-bond acceptors (Lipinski definition) is 6. The highest BCUT2D eigenvalue weighted by Crippen LogP contribution is 2.37. The molecule has 0 aliphatic carbocycles. The van der Waals surface area contributed by atoms with Crippen molar-refractivity contribution < 1.29 is 23.8 Å². The summed E-state index contributed by atoms with van der Waals surface area (Å²) in [5.74, 6) is -0.105. The molecular weight excluding hydrogens is 365 g/mol. The predicted molar refractivity (Wildman–Crippen MR) is 102 cm³/mol. The molecule has 3 aliphatic rings. The monoisotopic (exact) mass is 389 g/mol. The molecule has 1 saturated heterocycles. The van der Waals surface area contributed by atoms with Crippen molar-refractivity contribution in [3.05, 3.63) is 47.1 Å². The summed E-state index contributed by atoms with van der Waals surface area (Å²) in [7, 11) is 0. The third-order valence-electron chi connectivity index (χ3n) is 5.21. The molecule has 2 N–H and O–H groups in total. The number of aliphatic hydroxyl groups excluding tert-OH is 1. The van der Waals surface area contributed by atoms with E-state index in [9.17, 15) is 9.18 Å². The Balaban J connectivity index is 1.40. The molecule has 0 radical (unpaired) electrons. The van der Waals surface area contributed by atoms with Crippen LogP contribution in [0.2, 0.25) is 0 Å². The third-order valence-corrected chi connectivity index (χ3v) is 5.21. The number of ether oxygens (including phenoxy) is 2. The number of nitrogens with one attached hydrogen (secondary N) is 1. The molecule has 0 unspecified atom stereocenters. The zero-order valence-electron chi connectivity index (χ0n) is 15.6. The van der Waals surface area contributed by atoms with Crippen LogP contribution in [0.15, 0.2) is 35.7 Å². The third kappa shape index (κ3) is 3.89. The molecule has 0 spiro atoms. The molecule has 150 valence electrons. The summed E-state index contributed by atoms with van der Waals surface area (Å²) in [5, 5.41) is 11.4. The number of carbonyl (C=O) groups is 1. The molecule has 1 aromatic rings. The van der Waals surface area contributed by atoms with Crippen molar-refractivity contribution in [1.82, 2.24) is 9.80 Å². The number of halogens is 1. The summed E-state index contributed by atoms with van der Waals surface area (Å²) in [6, 6.07) is 4.28. The summed E-state index contributed by atoms with van der Waals surface area (Å²) in [6.07, 6.45) is 1.92. The van der Waals surface area contributed by atoms with Gasteiger partial charge >= 0.3 is 0 Å². The summed E-state index contributed by atoms with van der Waals surface area (Å²) in [6.45, 7) is 5.95. The second-order valence-electron chi connectivity index (χ2n) is 6.97. The van der Waals surface area contributed by atoms with E-state index in [1.807, 2.05) is 6.08 Å². The number of carbonyl (C=O) groups excluding carboxylic acids is 1. The van der Waals surface area contributed by atoms with Crippen molar-refractivity contribution in [2.45, 2.75) is 0 Å². The van der Waals surface area contributed by atoms with E-state index in [1.165, 1.54) is 12.1 Å². The first kappa shape index (κ1) is 18.9. The van der Waals surface area contributed by atoms with Gasteiger partial charge in [-0.25, -0.2) is 4.39 Å². The molecule has 0 atom stereocenters. The molecule has 1 aromatic carbocycles. The van der Waals surface area contributed by atoms with Crippen LogP contribution in [0.3, 0.4) is 0 Å². The van der Waals surface area contributed by atoms with Gasteiger partial charge in [0, 0.05) is 44.4 Å². The minimum absolute atomic E-state index is 0.0528. The zero-order chi connectivity index (χ0) is 19.5. The fourth-order valence-electron chi connectivity index (χ4n) is 3.72. The van der Waals surface area contributed by atoms with Crippen molar-refractivity contribution in [3.63, 3.8) is 0 Å². The average molecular weight is 389 g/mol. The second-order valence-corrected chi connectivity index (χ2v) is 6.97. The molecule has 0 aromatic heterocycles. The lowest BCUT2D eigenvalue weighted by atomic mass is 10.1. The average Bonchev–Trinajstić information content (AvgIpc) is 3.29. The SMILES string of the molecule is O=C1Nc2cc(F)ccc2/C1=C1/C=C(N2CCN(CCOCCO)CC2)CO1. The van der Waals surface area contributed by atoms with E-state index in [-0.39, 0.29) is 18.3 Å². The van der Waals surface area contributed by atoms with E-state index in [1.54, 1.807) is 6.07 Å². The van der Waals surface area contributed by atoms with Gasteiger partial charge in [0.15, 0.2) is 0 Å². The first-order valence-electron chi connectivity index (χ1n) is 9.50. The first-order chi connectivity index (χ1) is 13.7. The smallest absolute Gasteiger partial charge is 0.260 e. The highest BCUT2D eigenvalue weighted by atomic mass is 19.1. The molecule has 3 heterocycles. The molecule has 0 bridgehead atoms. The number of nitrogens with zero attached hydrogens (tertiary/aromatic N) is 2. The molecule has 28 heavy (non-hydrogen) atoms. The van der Waals surface area contributed by atoms with Crippen molar-refractivity contribution in [2.24, 2.45) is 0 Å². The van der Waals surface area contributed by atoms with Crippen molar-refractivity contribution >= 4 is 17.2 Å². The van der Waals surface area contributed by atoms with Crippen LogP contribution < -0.4 is 5.32 Å². The lowest BCUT2D eigenvalue weighted by molar-refractivity contribution is -0.110. The van der Waals surface area contributed by atoms with Crippen LogP contribution in [0, 0.1) is 5.82 Å². The molecular formula is C20H24FN3O4. The van der Waals surface area contributed by atoms with Gasteiger partial charge in [-0.05, 0) is 18.2 Å². The zero-order valence-corrected chi connectivity index (χ0v) is 15.6. The van der Waals surface area contributed by atoms with E-state index >= 15 is 0 Å². The van der Waals surface area contributed by atoms with Gasteiger partial charge in [-0.3, -0.25) is 9.69 Å². The topological polar surface area (TPSA) is 74.3 Å². The van der Waals surface area contributed by atoms with Crippen LogP contribution in [0.5, 0.6) is 0 Å². The van der Waals surface area contributed by atoms with E-state index in [0.29, 0.717) is 42.4 Å². The van der Waals surface area contributed by atoms with Crippen molar-refractivity contribution in [1.29, 1.82) is 0 Å². The standard InChI is InChI=1S/C20H24FN3O4/c21-14-1-2-16-17(11-14)22-20(26)19(16)18-12-15(13-28-18)24-5-3-23(4-6-24)7-9-27-10-8-25/h1-2,11-12,25H,3-10,13H2,(H,22,26)/b19-18+. The number of fused-ring (bicyclic) bond motifs is 1. The molecule has 1 fully saturated rings. The number of piperazine rings is 1. The molecule has 4 rings (SSSR count). The van der Waals surface area contributed by atoms with Gasteiger partial charge in [0.25, 0.3) is 5.91 Å². The van der Waals surface area contributed by atoms with Gasteiger partial charge in [0.05, 0.1) is 36.8 Å². The summed E-state index contributed by atoms with van der Waals surface area (Å²) < 4.78 is 24.5. The number of aliphatic hydroxyl groups is 1. The Morgan fingerprint density at radius 3 is 2.82 bits per heavy atom. The first-order valence-corrected chi connectivity index (χ1v) is 9.50. The Hall–Kier alpha value is -2.42. The van der Waals surface area contributed by atoms with E-state index in [4.69, 9.17) is 14.6 Å². The number of allylic oxidation sites excluding steroid dienone is 1. The molecule has 8 heteroatoms. The van der Waals surface area contributed by atoms with E-state index in [2.05, 4.69) is 15.1 Å². The molecule has 0 saturated carbocycles. The number of amides is 1. The number of hydrogen-bond donors (Lipinski definition) is 2. The lowest BCUT2D eigenvalue weighted by Gasteiger charge is -2.36. The predicted octanol–water partition coefficient (Wildman–Crippen LogP) is 1.03. The quantitative estimate of drug-likeness (QED) is 0.559. The summed E-state index contributed by atoms with van der Waals surface area (Å²) in [4.78, 5) is 17.0. The van der Waals surface area contributed by atoms with Crippen LogP contribution in [0.4, 0.5) is 10.1 Å². The number of rotatable bonds is 6. The van der Waals surface area contributed by atoms with Crippen LogP contribution in [-0.2, 0) is 14.3 Å². The Morgan fingerprint density at radius 1 is 1.21 bits per heavy atom. The summed E-state index contributed by atoms with van der Waals surface area (Å²) >= 11 is 0. The minimum atomic E-state index is -0.381. The molecule has 3 aliphatic heterocycles. The van der Waals surface area contributed by atoms with E-state index < -0.39 is 0 Å². The molecule has 7 nitrogen and oxygen atoms in total.